The van der Waals surface area contributed by atoms with Crippen LogP contribution < -0.4 is 0 Å². The van der Waals surface area contributed by atoms with Gasteiger partial charge in [-0.15, -0.1) is 0 Å². The van der Waals surface area contributed by atoms with Crippen molar-refractivity contribution in [1.29, 1.82) is 0 Å². The minimum atomic E-state index is -0.277. The number of Topliss-reactive ketones (excluding diaryl/α,β-unsaturated/α-hetero) is 1. The molecule has 176 valence electrons. The van der Waals surface area contributed by atoms with Crippen molar-refractivity contribution < 1.29 is 9.53 Å². The first-order valence-corrected chi connectivity index (χ1v) is 13.5. The molecule has 1 aromatic rings. The second kappa shape index (κ2) is 6.65. The van der Waals surface area contributed by atoms with Crippen LogP contribution in [0.2, 0.25) is 0 Å². The molecular weight excluding hydrogens is 416 g/mol. The van der Waals surface area contributed by atoms with E-state index in [0.717, 1.165) is 50.9 Å². The van der Waals surface area contributed by atoms with Crippen LogP contribution in [-0.2, 0) is 9.53 Å². The van der Waals surface area contributed by atoms with Crippen LogP contribution in [0, 0.1) is 21.7 Å². The highest BCUT2D eigenvalue weighted by atomic mass is 16.5. The first-order valence-electron chi connectivity index (χ1n) is 13.5. The molecule has 6 aliphatic rings. The number of rotatable bonds is 3. The van der Waals surface area contributed by atoms with E-state index in [-0.39, 0.29) is 22.2 Å². The van der Waals surface area contributed by atoms with Crippen LogP contribution in [0.15, 0.2) is 76.6 Å². The fourth-order valence-electron chi connectivity index (χ4n) is 8.96. The molecule has 0 bridgehead atoms. The topological polar surface area (TPSA) is 26.3 Å². The van der Waals surface area contributed by atoms with Crippen molar-refractivity contribution in [2.75, 3.05) is 6.61 Å². The standard InChI is InChI=1S/C32H36O2/c1-4-34-22-10-14-30(3)25-12-15-32-26(24(25)20-31(16-17-31)27(30)18-22)11-13-29(32,2)19-23(28(32)33)21-8-6-5-7-9-21/h5-11,18,23H,4,12-17,19-20H2,1-3H3/t23?,29-,30?,32+/m0/s1. The molecule has 2 fully saturated rings. The Labute approximate surface area is 203 Å². The zero-order chi connectivity index (χ0) is 23.3. The van der Waals surface area contributed by atoms with Gasteiger partial charge in [-0.25, -0.2) is 0 Å². The molecule has 2 nitrogen and oxygen atoms in total. The molecule has 0 radical (unpaired) electrons. The van der Waals surface area contributed by atoms with Gasteiger partial charge < -0.3 is 4.74 Å². The van der Waals surface area contributed by atoms with Crippen molar-refractivity contribution in [3.8, 4) is 0 Å². The second-order valence-corrected chi connectivity index (χ2v) is 12.4. The summed E-state index contributed by atoms with van der Waals surface area (Å²) >= 11 is 0. The van der Waals surface area contributed by atoms with Gasteiger partial charge >= 0.3 is 0 Å². The number of ether oxygens (including phenoxy) is 1. The van der Waals surface area contributed by atoms with Gasteiger partial charge in [0, 0.05) is 11.3 Å². The number of carbonyl (C=O) groups excluding carboxylic acids is 1. The average Bonchev–Trinajstić information content (AvgIpc) is 3.49. The van der Waals surface area contributed by atoms with E-state index in [1.165, 1.54) is 24.0 Å². The van der Waals surface area contributed by atoms with E-state index in [4.69, 9.17) is 4.74 Å². The third kappa shape index (κ3) is 2.40. The minimum Gasteiger partial charge on any atom is -0.494 e. The van der Waals surface area contributed by atoms with Gasteiger partial charge in [-0.05, 0) is 104 Å². The summed E-state index contributed by atoms with van der Waals surface area (Å²) in [7, 11) is 0. The quantitative estimate of drug-likeness (QED) is 0.472. The summed E-state index contributed by atoms with van der Waals surface area (Å²) in [6.07, 6.45) is 16.1. The third-order valence-electron chi connectivity index (χ3n) is 10.8. The molecule has 2 heteroatoms. The van der Waals surface area contributed by atoms with Crippen LogP contribution in [0.3, 0.4) is 0 Å². The molecular formula is C32H36O2. The fourth-order valence-corrected chi connectivity index (χ4v) is 8.96. The minimum absolute atomic E-state index is 0.0490. The first-order chi connectivity index (χ1) is 16.4. The van der Waals surface area contributed by atoms with Crippen molar-refractivity contribution in [3.05, 3.63) is 82.2 Å². The van der Waals surface area contributed by atoms with Crippen molar-refractivity contribution in [2.24, 2.45) is 21.7 Å². The summed E-state index contributed by atoms with van der Waals surface area (Å²) in [4.78, 5) is 14.4. The Morgan fingerprint density at radius 3 is 2.56 bits per heavy atom. The van der Waals surface area contributed by atoms with Gasteiger partial charge in [0.05, 0.1) is 12.0 Å². The monoisotopic (exact) mass is 452 g/mol. The van der Waals surface area contributed by atoms with Crippen molar-refractivity contribution in [2.45, 2.75) is 78.1 Å². The van der Waals surface area contributed by atoms with Crippen molar-refractivity contribution in [1.82, 2.24) is 0 Å². The van der Waals surface area contributed by atoms with Crippen LogP contribution in [0.4, 0.5) is 0 Å². The fraction of sp³-hybridized carbons (Fsp3) is 0.531. The van der Waals surface area contributed by atoms with Gasteiger partial charge in [0.1, 0.15) is 5.76 Å². The summed E-state index contributed by atoms with van der Waals surface area (Å²) in [5.74, 6) is 1.63. The zero-order valence-corrected chi connectivity index (χ0v) is 20.9. The summed E-state index contributed by atoms with van der Waals surface area (Å²) in [6.45, 7) is 7.71. The van der Waals surface area contributed by atoms with Gasteiger partial charge in [0.25, 0.3) is 0 Å². The van der Waals surface area contributed by atoms with Gasteiger partial charge in [0.15, 0.2) is 5.78 Å². The second-order valence-electron chi connectivity index (χ2n) is 12.4. The van der Waals surface area contributed by atoms with Crippen LogP contribution in [0.1, 0.15) is 83.6 Å². The molecule has 0 N–H and O–H groups in total. The van der Waals surface area contributed by atoms with Crippen LogP contribution >= 0.6 is 0 Å². The Bertz CT molecular complexity index is 1220. The maximum Gasteiger partial charge on any atom is 0.151 e. The van der Waals surface area contributed by atoms with Crippen LogP contribution in [0.5, 0.6) is 0 Å². The highest BCUT2D eigenvalue weighted by molar-refractivity contribution is 5.99. The van der Waals surface area contributed by atoms with Crippen molar-refractivity contribution >= 4 is 5.78 Å². The highest BCUT2D eigenvalue weighted by Gasteiger charge is 2.68. The van der Waals surface area contributed by atoms with Gasteiger partial charge in [-0.1, -0.05) is 55.8 Å². The molecule has 0 saturated heterocycles. The van der Waals surface area contributed by atoms with Crippen molar-refractivity contribution in [3.63, 3.8) is 0 Å². The van der Waals surface area contributed by atoms with E-state index in [9.17, 15) is 4.79 Å². The number of fused-ring (bicyclic) bond motifs is 4. The van der Waals surface area contributed by atoms with E-state index in [0.29, 0.717) is 11.2 Å². The smallest absolute Gasteiger partial charge is 0.151 e. The third-order valence-corrected chi connectivity index (χ3v) is 10.8. The van der Waals surface area contributed by atoms with E-state index in [2.05, 4.69) is 69.3 Å². The van der Waals surface area contributed by atoms with E-state index in [1.54, 1.807) is 16.7 Å². The number of carbonyl (C=O) groups is 1. The van der Waals surface area contributed by atoms with E-state index in [1.807, 2.05) is 0 Å². The summed E-state index contributed by atoms with van der Waals surface area (Å²) in [5, 5.41) is 0. The van der Waals surface area contributed by atoms with Gasteiger partial charge in [-0.2, -0.15) is 0 Å². The zero-order valence-electron chi connectivity index (χ0n) is 20.9. The SMILES string of the molecule is CCOC1=CCC2(C)C(=C1)C1(CC1)CC1=C2CC[C@@]23C(=O)C(c4ccccc4)C[C@]2(C)CC=C13. The summed E-state index contributed by atoms with van der Waals surface area (Å²) in [5.41, 5.74) is 7.68. The largest absolute Gasteiger partial charge is 0.494 e. The number of benzene rings is 1. The lowest BCUT2D eigenvalue weighted by atomic mass is 9.50. The molecule has 7 rings (SSSR count). The molecule has 2 spiro atoms. The molecule has 4 atom stereocenters. The van der Waals surface area contributed by atoms with Gasteiger partial charge in [-0.3, -0.25) is 4.79 Å². The first kappa shape index (κ1) is 21.0. The normalized spacial score (nSPS) is 39.0. The predicted octanol–water partition coefficient (Wildman–Crippen LogP) is 7.60. The molecule has 0 aliphatic heterocycles. The Hall–Kier alpha value is -2.35. The van der Waals surface area contributed by atoms with Gasteiger partial charge in [0.2, 0.25) is 0 Å². The maximum atomic E-state index is 14.4. The molecule has 1 aromatic carbocycles. The molecule has 0 heterocycles. The molecule has 0 aromatic heterocycles. The van der Waals surface area contributed by atoms with Crippen LogP contribution in [-0.4, -0.2) is 12.4 Å². The number of ketones is 1. The molecule has 2 saturated carbocycles. The Morgan fingerprint density at radius 1 is 1.03 bits per heavy atom. The lowest BCUT2D eigenvalue weighted by molar-refractivity contribution is -0.128. The lowest BCUT2D eigenvalue weighted by Crippen LogP contribution is -2.45. The number of allylic oxidation sites excluding steroid dienone is 7. The Morgan fingerprint density at radius 2 is 1.82 bits per heavy atom. The van der Waals surface area contributed by atoms with E-state index >= 15 is 0 Å². The summed E-state index contributed by atoms with van der Waals surface area (Å²) in [6, 6.07) is 10.6. The lowest BCUT2D eigenvalue weighted by Gasteiger charge is -2.53. The molecule has 6 aliphatic carbocycles. The maximum absolute atomic E-state index is 14.4. The molecule has 34 heavy (non-hydrogen) atoms. The highest BCUT2D eigenvalue weighted by Crippen LogP contribution is 2.76. The Kier molecular flexibility index (Phi) is 4.10. The number of hydrogen-bond donors (Lipinski definition) is 0. The number of hydrogen-bond acceptors (Lipinski definition) is 2. The molecule has 0 amide bonds. The van der Waals surface area contributed by atoms with Crippen LogP contribution in [0.25, 0.3) is 0 Å². The average molecular weight is 453 g/mol. The molecule has 2 unspecified atom stereocenters. The predicted molar refractivity (Wildman–Crippen MR) is 135 cm³/mol. The van der Waals surface area contributed by atoms with E-state index < -0.39 is 0 Å². The Balaban J connectivity index is 1.34. The summed E-state index contributed by atoms with van der Waals surface area (Å²) < 4.78 is 5.95.